The fourth-order valence-electron chi connectivity index (χ4n) is 3.11. The third kappa shape index (κ3) is 5.04. The zero-order valence-corrected chi connectivity index (χ0v) is 18.4. The number of hydrogen-bond acceptors (Lipinski definition) is 6. The van der Waals surface area contributed by atoms with Gasteiger partial charge in [-0.05, 0) is 48.4 Å². The van der Waals surface area contributed by atoms with E-state index in [0.29, 0.717) is 10.8 Å². The quantitative estimate of drug-likeness (QED) is 0.408. The molecule has 0 bridgehead atoms. The van der Waals surface area contributed by atoms with Crippen LogP contribution in [0.1, 0.15) is 21.7 Å². The van der Waals surface area contributed by atoms with Gasteiger partial charge in [-0.25, -0.2) is 4.98 Å². The van der Waals surface area contributed by atoms with Crippen LogP contribution in [0.15, 0.2) is 70.7 Å². The Labute approximate surface area is 189 Å². The van der Waals surface area contributed by atoms with E-state index in [-0.39, 0.29) is 24.0 Å². The minimum atomic E-state index is -0.312. The first kappa shape index (κ1) is 21.3. The first-order valence-corrected chi connectivity index (χ1v) is 10.7. The van der Waals surface area contributed by atoms with E-state index in [1.807, 2.05) is 42.6 Å². The van der Waals surface area contributed by atoms with Crippen molar-refractivity contribution in [3.63, 3.8) is 0 Å². The van der Waals surface area contributed by atoms with Gasteiger partial charge in [-0.3, -0.25) is 9.59 Å². The summed E-state index contributed by atoms with van der Waals surface area (Å²) in [4.78, 5) is 29.0. The molecule has 0 atom stereocenters. The monoisotopic (exact) mass is 447 g/mol. The summed E-state index contributed by atoms with van der Waals surface area (Å²) < 4.78 is 10.4. The van der Waals surface area contributed by atoms with Crippen LogP contribution in [0.2, 0.25) is 0 Å². The molecule has 2 aromatic carbocycles. The number of amides is 2. The third-order valence-corrected chi connectivity index (χ3v) is 5.53. The molecule has 0 saturated heterocycles. The van der Waals surface area contributed by atoms with Gasteiger partial charge in [0, 0.05) is 16.6 Å². The average Bonchev–Trinajstić information content (AvgIpc) is 3.48. The predicted molar refractivity (Wildman–Crippen MR) is 124 cm³/mol. The van der Waals surface area contributed by atoms with Crippen molar-refractivity contribution >= 4 is 34.0 Å². The number of aromatic nitrogens is 1. The van der Waals surface area contributed by atoms with Crippen LogP contribution in [0.3, 0.4) is 0 Å². The largest absolute Gasteiger partial charge is 0.496 e. The van der Waals surface area contributed by atoms with Gasteiger partial charge in [0.2, 0.25) is 5.91 Å². The first-order valence-electron chi connectivity index (χ1n) is 9.86. The van der Waals surface area contributed by atoms with Crippen LogP contribution in [-0.2, 0) is 11.2 Å². The summed E-state index contributed by atoms with van der Waals surface area (Å²) in [7, 11) is 1.61. The number of aryl methyl sites for hydroxylation is 1. The van der Waals surface area contributed by atoms with Gasteiger partial charge in [-0.15, -0.1) is 11.3 Å². The number of carbonyl (C=O) groups is 2. The van der Waals surface area contributed by atoms with Crippen molar-refractivity contribution in [3.05, 3.63) is 83.1 Å². The zero-order valence-electron chi connectivity index (χ0n) is 17.5. The maximum absolute atomic E-state index is 12.4. The van der Waals surface area contributed by atoms with Gasteiger partial charge in [0.25, 0.3) is 5.91 Å². The SMILES string of the molecule is COc1cc(CC(=O)Nc2nc(-c3ccc(NC(=O)c4ccco4)cc3)cs2)ccc1C. The predicted octanol–water partition coefficient (Wildman–Crippen LogP) is 5.15. The zero-order chi connectivity index (χ0) is 22.5. The number of ether oxygens (including phenoxy) is 1. The smallest absolute Gasteiger partial charge is 0.291 e. The molecule has 0 aliphatic heterocycles. The Kier molecular flexibility index (Phi) is 6.32. The number of methoxy groups -OCH3 is 1. The average molecular weight is 448 g/mol. The van der Waals surface area contributed by atoms with Crippen LogP contribution in [0.4, 0.5) is 10.8 Å². The standard InChI is InChI=1S/C24H21N3O4S/c1-15-5-6-16(12-21(15)30-2)13-22(28)27-24-26-19(14-32-24)17-7-9-18(10-8-17)25-23(29)20-4-3-11-31-20/h3-12,14H,13H2,1-2H3,(H,25,29)(H,26,27,28). The summed E-state index contributed by atoms with van der Waals surface area (Å²) in [5, 5.41) is 8.02. The number of thiazole rings is 1. The molecule has 0 fully saturated rings. The maximum atomic E-state index is 12.4. The number of anilines is 2. The van der Waals surface area contributed by atoms with E-state index < -0.39 is 0 Å². The Morgan fingerprint density at radius 3 is 2.62 bits per heavy atom. The van der Waals surface area contributed by atoms with Gasteiger partial charge in [0.05, 0.1) is 25.5 Å². The molecular weight excluding hydrogens is 426 g/mol. The minimum absolute atomic E-state index is 0.146. The molecule has 2 aromatic heterocycles. The molecule has 0 aliphatic rings. The Morgan fingerprint density at radius 2 is 1.91 bits per heavy atom. The van der Waals surface area contributed by atoms with E-state index in [9.17, 15) is 9.59 Å². The molecule has 0 unspecified atom stereocenters. The van der Waals surface area contributed by atoms with Crippen molar-refractivity contribution in [2.75, 3.05) is 17.7 Å². The Balaban J connectivity index is 1.37. The molecule has 0 saturated carbocycles. The fraction of sp³-hybridized carbons (Fsp3) is 0.125. The molecule has 8 heteroatoms. The van der Waals surface area contributed by atoms with Crippen molar-refractivity contribution in [2.24, 2.45) is 0 Å². The molecule has 2 heterocycles. The highest BCUT2D eigenvalue weighted by Gasteiger charge is 2.12. The summed E-state index contributed by atoms with van der Waals surface area (Å²) in [5.74, 6) is 0.550. The second-order valence-electron chi connectivity index (χ2n) is 7.08. The van der Waals surface area contributed by atoms with E-state index in [1.165, 1.54) is 17.6 Å². The summed E-state index contributed by atoms with van der Waals surface area (Å²) in [6.07, 6.45) is 1.68. The van der Waals surface area contributed by atoms with E-state index in [2.05, 4.69) is 15.6 Å². The summed E-state index contributed by atoms with van der Waals surface area (Å²) in [6, 6.07) is 16.3. The molecule has 0 radical (unpaired) electrons. The van der Waals surface area contributed by atoms with Crippen LogP contribution >= 0.6 is 11.3 Å². The van der Waals surface area contributed by atoms with Crippen molar-refractivity contribution in [2.45, 2.75) is 13.3 Å². The lowest BCUT2D eigenvalue weighted by Crippen LogP contribution is -2.14. The molecular formula is C24H21N3O4S. The Morgan fingerprint density at radius 1 is 1.09 bits per heavy atom. The molecule has 0 aliphatic carbocycles. The molecule has 2 N–H and O–H groups in total. The van der Waals surface area contributed by atoms with Crippen LogP contribution in [0, 0.1) is 6.92 Å². The highest BCUT2D eigenvalue weighted by atomic mass is 32.1. The number of nitrogens with zero attached hydrogens (tertiary/aromatic N) is 1. The second-order valence-corrected chi connectivity index (χ2v) is 7.93. The Bertz CT molecular complexity index is 1230. The van der Waals surface area contributed by atoms with Gasteiger partial charge in [0.15, 0.2) is 10.9 Å². The van der Waals surface area contributed by atoms with Gasteiger partial charge in [-0.1, -0.05) is 24.3 Å². The van der Waals surface area contributed by atoms with Crippen LogP contribution in [-0.4, -0.2) is 23.9 Å². The van der Waals surface area contributed by atoms with Crippen LogP contribution in [0.25, 0.3) is 11.3 Å². The molecule has 4 rings (SSSR count). The second kappa shape index (κ2) is 9.49. The first-order chi connectivity index (χ1) is 15.5. The molecule has 4 aromatic rings. The van der Waals surface area contributed by atoms with Crippen LogP contribution < -0.4 is 15.4 Å². The van der Waals surface area contributed by atoms with E-state index >= 15 is 0 Å². The highest BCUT2D eigenvalue weighted by molar-refractivity contribution is 7.14. The molecule has 7 nitrogen and oxygen atoms in total. The van der Waals surface area contributed by atoms with E-state index in [0.717, 1.165) is 28.1 Å². The van der Waals surface area contributed by atoms with Crippen LogP contribution in [0.5, 0.6) is 5.75 Å². The van der Waals surface area contributed by atoms with E-state index in [4.69, 9.17) is 9.15 Å². The number of carbonyl (C=O) groups excluding carboxylic acids is 2. The fourth-order valence-corrected chi connectivity index (χ4v) is 3.85. The summed E-state index contributed by atoms with van der Waals surface area (Å²) in [6.45, 7) is 1.96. The number of rotatable bonds is 7. The lowest BCUT2D eigenvalue weighted by molar-refractivity contribution is -0.115. The van der Waals surface area contributed by atoms with Crippen molar-refractivity contribution in [3.8, 4) is 17.0 Å². The molecule has 0 spiro atoms. The Hall–Kier alpha value is -3.91. The summed E-state index contributed by atoms with van der Waals surface area (Å²) >= 11 is 1.36. The topological polar surface area (TPSA) is 93.5 Å². The van der Waals surface area contributed by atoms with Crippen molar-refractivity contribution in [1.82, 2.24) is 4.98 Å². The number of hydrogen-bond donors (Lipinski definition) is 2. The number of benzene rings is 2. The minimum Gasteiger partial charge on any atom is -0.496 e. The van der Waals surface area contributed by atoms with Gasteiger partial charge >= 0.3 is 0 Å². The highest BCUT2D eigenvalue weighted by Crippen LogP contribution is 2.26. The molecule has 32 heavy (non-hydrogen) atoms. The van der Waals surface area contributed by atoms with Gasteiger partial charge < -0.3 is 19.8 Å². The van der Waals surface area contributed by atoms with E-state index in [1.54, 1.807) is 31.4 Å². The van der Waals surface area contributed by atoms with Gasteiger partial charge in [0.1, 0.15) is 5.75 Å². The lowest BCUT2D eigenvalue weighted by Gasteiger charge is -2.07. The van der Waals surface area contributed by atoms with Crippen molar-refractivity contribution < 1.29 is 18.7 Å². The molecule has 162 valence electrons. The third-order valence-electron chi connectivity index (χ3n) is 4.77. The normalized spacial score (nSPS) is 10.6. The maximum Gasteiger partial charge on any atom is 0.291 e. The van der Waals surface area contributed by atoms with Crippen molar-refractivity contribution in [1.29, 1.82) is 0 Å². The number of furan rings is 1. The van der Waals surface area contributed by atoms with Gasteiger partial charge in [-0.2, -0.15) is 0 Å². The number of nitrogens with one attached hydrogen (secondary N) is 2. The summed E-state index contributed by atoms with van der Waals surface area (Å²) in [5.41, 5.74) is 4.15. The lowest BCUT2D eigenvalue weighted by atomic mass is 10.1. The molecule has 2 amide bonds.